The molecule has 0 spiro atoms. The zero-order valence-electron chi connectivity index (χ0n) is 8.84. The summed E-state index contributed by atoms with van der Waals surface area (Å²) in [6.07, 6.45) is 1.24. The summed E-state index contributed by atoms with van der Waals surface area (Å²) in [6.45, 7) is 5.27. The Morgan fingerprint density at radius 3 is 2.87 bits per heavy atom. The summed E-state index contributed by atoms with van der Waals surface area (Å²) in [5.41, 5.74) is 0.967. The number of hydrogen-bond donors (Lipinski definition) is 0. The summed E-state index contributed by atoms with van der Waals surface area (Å²) < 4.78 is 13.1. The van der Waals surface area contributed by atoms with Gasteiger partial charge in [0.2, 0.25) is 0 Å². The Morgan fingerprint density at radius 2 is 2.27 bits per heavy atom. The second-order valence-electron chi connectivity index (χ2n) is 4.41. The zero-order valence-corrected chi connectivity index (χ0v) is 9.60. The van der Waals surface area contributed by atoms with E-state index in [4.69, 9.17) is 11.6 Å². The molecule has 1 aliphatic rings. The van der Waals surface area contributed by atoms with Gasteiger partial charge in [0, 0.05) is 18.1 Å². The predicted octanol–water partition coefficient (Wildman–Crippen LogP) is 3.32. The SMILES string of the molecule is C[C@H]1CCN(Cc2cc(F)cc(Cl)c2)C1. The number of likely N-dealkylation sites (tertiary alicyclic amines) is 1. The Morgan fingerprint density at radius 1 is 1.47 bits per heavy atom. The van der Waals surface area contributed by atoms with Gasteiger partial charge in [-0.3, -0.25) is 4.90 Å². The molecule has 3 heteroatoms. The van der Waals surface area contributed by atoms with Crippen LogP contribution in [0.1, 0.15) is 18.9 Å². The van der Waals surface area contributed by atoms with E-state index in [9.17, 15) is 4.39 Å². The monoisotopic (exact) mass is 227 g/mol. The van der Waals surface area contributed by atoms with Crippen molar-refractivity contribution in [1.82, 2.24) is 4.90 Å². The Bertz CT molecular complexity index is 333. The van der Waals surface area contributed by atoms with Crippen LogP contribution in [0.2, 0.25) is 5.02 Å². The fraction of sp³-hybridized carbons (Fsp3) is 0.500. The van der Waals surface area contributed by atoms with Crippen LogP contribution in [0.3, 0.4) is 0 Å². The van der Waals surface area contributed by atoms with E-state index < -0.39 is 0 Å². The lowest BCUT2D eigenvalue weighted by atomic mass is 10.2. The molecule has 0 radical (unpaired) electrons. The van der Waals surface area contributed by atoms with Crippen LogP contribution in [0.4, 0.5) is 4.39 Å². The highest BCUT2D eigenvalue weighted by Crippen LogP contribution is 2.20. The highest BCUT2D eigenvalue weighted by molar-refractivity contribution is 6.30. The first-order valence-electron chi connectivity index (χ1n) is 5.31. The molecular formula is C12H15ClFN. The third-order valence-electron chi connectivity index (χ3n) is 2.84. The third-order valence-corrected chi connectivity index (χ3v) is 3.05. The summed E-state index contributed by atoms with van der Waals surface area (Å²) in [7, 11) is 0. The molecule has 82 valence electrons. The van der Waals surface area contributed by atoms with Crippen LogP contribution in [0.15, 0.2) is 18.2 Å². The van der Waals surface area contributed by atoms with Gasteiger partial charge in [0.05, 0.1) is 0 Å². The van der Waals surface area contributed by atoms with Crippen LogP contribution in [0.5, 0.6) is 0 Å². The summed E-state index contributed by atoms with van der Waals surface area (Å²) in [4.78, 5) is 2.34. The highest BCUT2D eigenvalue weighted by Gasteiger charge is 2.18. The van der Waals surface area contributed by atoms with Crippen molar-refractivity contribution < 1.29 is 4.39 Å². The second kappa shape index (κ2) is 4.50. The molecule has 1 heterocycles. The smallest absolute Gasteiger partial charge is 0.125 e. The summed E-state index contributed by atoms with van der Waals surface area (Å²) >= 11 is 5.81. The maximum absolute atomic E-state index is 13.1. The molecule has 0 amide bonds. The van der Waals surface area contributed by atoms with Gasteiger partial charge in [-0.1, -0.05) is 18.5 Å². The third kappa shape index (κ3) is 2.93. The maximum Gasteiger partial charge on any atom is 0.125 e. The number of rotatable bonds is 2. The fourth-order valence-electron chi connectivity index (χ4n) is 2.13. The van der Waals surface area contributed by atoms with Crippen molar-refractivity contribution in [3.05, 3.63) is 34.6 Å². The molecular weight excluding hydrogens is 213 g/mol. The van der Waals surface area contributed by atoms with Crippen LogP contribution in [-0.4, -0.2) is 18.0 Å². The van der Waals surface area contributed by atoms with E-state index in [2.05, 4.69) is 11.8 Å². The molecule has 1 atom stereocenters. The molecule has 1 fully saturated rings. The Kier molecular flexibility index (Phi) is 3.27. The van der Waals surface area contributed by atoms with Crippen molar-refractivity contribution in [1.29, 1.82) is 0 Å². The van der Waals surface area contributed by atoms with Gasteiger partial charge in [0.15, 0.2) is 0 Å². The number of benzene rings is 1. The summed E-state index contributed by atoms with van der Waals surface area (Å²) in [6, 6.07) is 4.75. The molecule has 0 N–H and O–H groups in total. The standard InChI is InChI=1S/C12H15ClFN/c1-9-2-3-15(7-9)8-10-4-11(13)6-12(14)5-10/h4-6,9H,2-3,7-8H2,1H3/t9-/m0/s1. The number of hydrogen-bond acceptors (Lipinski definition) is 1. The van der Waals surface area contributed by atoms with E-state index in [1.807, 2.05) is 6.07 Å². The minimum atomic E-state index is -0.246. The lowest BCUT2D eigenvalue weighted by molar-refractivity contribution is 0.320. The average Bonchev–Trinajstić information content (AvgIpc) is 2.49. The van der Waals surface area contributed by atoms with Gasteiger partial charge >= 0.3 is 0 Å². The molecule has 0 saturated carbocycles. The first-order chi connectivity index (χ1) is 7.13. The van der Waals surface area contributed by atoms with E-state index in [1.54, 1.807) is 6.07 Å². The van der Waals surface area contributed by atoms with E-state index >= 15 is 0 Å². The van der Waals surface area contributed by atoms with E-state index in [0.29, 0.717) is 5.02 Å². The molecule has 1 aliphatic heterocycles. The molecule has 0 bridgehead atoms. The summed E-state index contributed by atoms with van der Waals surface area (Å²) in [5, 5.41) is 0.484. The average molecular weight is 228 g/mol. The minimum absolute atomic E-state index is 0.246. The van der Waals surface area contributed by atoms with Crippen LogP contribution in [0.25, 0.3) is 0 Å². The second-order valence-corrected chi connectivity index (χ2v) is 4.84. The van der Waals surface area contributed by atoms with Crippen LogP contribution >= 0.6 is 11.6 Å². The molecule has 0 unspecified atom stereocenters. The van der Waals surface area contributed by atoms with Crippen molar-refractivity contribution in [2.45, 2.75) is 19.9 Å². The van der Waals surface area contributed by atoms with Crippen molar-refractivity contribution in [2.24, 2.45) is 5.92 Å². The van der Waals surface area contributed by atoms with Gasteiger partial charge in [0.1, 0.15) is 5.82 Å². The molecule has 1 nitrogen and oxygen atoms in total. The van der Waals surface area contributed by atoms with Gasteiger partial charge in [-0.05, 0) is 42.6 Å². The van der Waals surface area contributed by atoms with Crippen molar-refractivity contribution in [3.8, 4) is 0 Å². The quantitative estimate of drug-likeness (QED) is 0.749. The minimum Gasteiger partial charge on any atom is -0.299 e. The number of nitrogens with zero attached hydrogens (tertiary/aromatic N) is 1. The first kappa shape index (κ1) is 10.9. The largest absolute Gasteiger partial charge is 0.299 e. The Balaban J connectivity index is 2.04. The van der Waals surface area contributed by atoms with Crippen LogP contribution < -0.4 is 0 Å². The van der Waals surface area contributed by atoms with Crippen molar-refractivity contribution >= 4 is 11.6 Å². The van der Waals surface area contributed by atoms with Crippen LogP contribution in [-0.2, 0) is 6.54 Å². The molecule has 1 aromatic carbocycles. The highest BCUT2D eigenvalue weighted by atomic mass is 35.5. The molecule has 1 saturated heterocycles. The van der Waals surface area contributed by atoms with Gasteiger partial charge in [0.25, 0.3) is 0 Å². The lowest BCUT2D eigenvalue weighted by Gasteiger charge is -2.15. The van der Waals surface area contributed by atoms with Gasteiger partial charge in [-0.15, -0.1) is 0 Å². The normalized spacial score (nSPS) is 22.2. The molecule has 15 heavy (non-hydrogen) atoms. The molecule has 0 aromatic heterocycles. The number of halogens is 2. The fourth-order valence-corrected chi connectivity index (χ4v) is 2.37. The van der Waals surface area contributed by atoms with E-state index in [-0.39, 0.29) is 5.82 Å². The Labute approximate surface area is 94.8 Å². The molecule has 0 aliphatic carbocycles. The van der Waals surface area contributed by atoms with E-state index in [0.717, 1.165) is 31.1 Å². The van der Waals surface area contributed by atoms with Crippen molar-refractivity contribution in [2.75, 3.05) is 13.1 Å². The van der Waals surface area contributed by atoms with Gasteiger partial charge in [-0.2, -0.15) is 0 Å². The van der Waals surface area contributed by atoms with Gasteiger partial charge < -0.3 is 0 Å². The zero-order chi connectivity index (χ0) is 10.8. The maximum atomic E-state index is 13.1. The predicted molar refractivity (Wildman–Crippen MR) is 60.5 cm³/mol. The Hall–Kier alpha value is -0.600. The molecule has 2 rings (SSSR count). The van der Waals surface area contributed by atoms with Gasteiger partial charge in [-0.25, -0.2) is 4.39 Å². The molecule has 1 aromatic rings. The summed E-state index contributed by atoms with van der Waals surface area (Å²) in [5.74, 6) is 0.513. The lowest BCUT2D eigenvalue weighted by Crippen LogP contribution is -2.19. The first-order valence-corrected chi connectivity index (χ1v) is 5.68. The van der Waals surface area contributed by atoms with E-state index in [1.165, 1.54) is 12.5 Å². The topological polar surface area (TPSA) is 3.24 Å². The van der Waals surface area contributed by atoms with Crippen LogP contribution in [0, 0.1) is 11.7 Å². The van der Waals surface area contributed by atoms with Crippen molar-refractivity contribution in [3.63, 3.8) is 0 Å².